The van der Waals surface area contributed by atoms with E-state index in [0.29, 0.717) is 6.61 Å². The van der Waals surface area contributed by atoms with E-state index in [4.69, 9.17) is 13.9 Å². The van der Waals surface area contributed by atoms with E-state index in [1.807, 2.05) is 39.0 Å². The molecule has 4 nitrogen and oxygen atoms in total. The van der Waals surface area contributed by atoms with Crippen LogP contribution in [0.2, 0.25) is 18.1 Å². The second-order valence-electron chi connectivity index (χ2n) is 15.6. The van der Waals surface area contributed by atoms with Gasteiger partial charge in [0.2, 0.25) is 0 Å². The van der Waals surface area contributed by atoms with Crippen LogP contribution < -0.4 is 0 Å². The molecule has 2 atom stereocenters. The first-order valence-electron chi connectivity index (χ1n) is 16.6. The highest BCUT2D eigenvalue weighted by atomic mass is 28.4. The molecule has 0 heterocycles. The van der Waals surface area contributed by atoms with Crippen LogP contribution in [0.25, 0.3) is 0 Å². The topological polar surface area (TPSA) is 44.8 Å². The van der Waals surface area contributed by atoms with Gasteiger partial charge in [0.1, 0.15) is 12.2 Å². The molecule has 2 aliphatic carbocycles. The van der Waals surface area contributed by atoms with E-state index >= 15 is 0 Å². The summed E-state index contributed by atoms with van der Waals surface area (Å²) in [7, 11) is -2.00. The van der Waals surface area contributed by atoms with Crippen LogP contribution in [0, 0.1) is 22.7 Å². The Morgan fingerprint density at radius 3 is 2.32 bits per heavy atom. The Kier molecular flexibility index (Phi) is 12.5. The predicted octanol–water partition coefficient (Wildman–Crippen LogP) is 9.97. The lowest BCUT2D eigenvalue weighted by atomic mass is 9.63. The maximum atomic E-state index is 12.0. The summed E-state index contributed by atoms with van der Waals surface area (Å²) in [6.07, 6.45) is 20.3. The molecular weight excluding hydrogens is 561 g/mol. The number of ether oxygens (including phenoxy) is 2. The zero-order chi connectivity index (χ0) is 32.5. The molecule has 2 fully saturated rings. The van der Waals surface area contributed by atoms with E-state index in [0.717, 1.165) is 37.7 Å². The lowest BCUT2D eigenvalue weighted by Gasteiger charge is -2.50. The third-order valence-electron chi connectivity index (χ3n) is 9.70. The molecule has 0 bridgehead atoms. The van der Waals surface area contributed by atoms with E-state index in [2.05, 4.69) is 95.1 Å². The molecule has 2 aliphatic rings. The Morgan fingerprint density at radius 1 is 1.00 bits per heavy atom. The van der Waals surface area contributed by atoms with Gasteiger partial charge in [-0.2, -0.15) is 0 Å². The molecule has 0 N–H and O–H groups in total. The van der Waals surface area contributed by atoms with Gasteiger partial charge in [-0.05, 0) is 83.1 Å². The molecule has 3 rings (SSSR count). The minimum absolute atomic E-state index is 0.0244. The minimum atomic E-state index is -2.00. The Balaban J connectivity index is 1.75. The first kappa shape index (κ1) is 36.1. The Labute approximate surface area is 269 Å². The molecule has 0 spiro atoms. The van der Waals surface area contributed by atoms with Gasteiger partial charge in [-0.3, -0.25) is 0 Å². The minimum Gasteiger partial charge on any atom is -0.458 e. The van der Waals surface area contributed by atoms with Crippen LogP contribution in [0.15, 0.2) is 66.3 Å². The highest BCUT2D eigenvalue weighted by molar-refractivity contribution is 6.74. The van der Waals surface area contributed by atoms with Gasteiger partial charge >= 0.3 is 5.97 Å². The van der Waals surface area contributed by atoms with Gasteiger partial charge in [-0.15, -0.1) is 0 Å². The predicted molar refractivity (Wildman–Crippen MR) is 186 cm³/mol. The second kappa shape index (κ2) is 15.3. The summed E-state index contributed by atoms with van der Waals surface area (Å²) >= 11 is 0. The van der Waals surface area contributed by atoms with E-state index < -0.39 is 13.9 Å². The fraction of sp³-hybridized carbons (Fsp3) is 0.615. The average molecular weight is 619 g/mol. The van der Waals surface area contributed by atoms with E-state index in [9.17, 15) is 4.79 Å². The number of carbonyl (C=O) groups excluding carboxylic acids is 1. The van der Waals surface area contributed by atoms with Gasteiger partial charge in [0.15, 0.2) is 8.32 Å². The first-order chi connectivity index (χ1) is 20.6. The number of hydrogen-bond acceptors (Lipinski definition) is 4. The van der Waals surface area contributed by atoms with Crippen molar-refractivity contribution in [1.82, 2.24) is 0 Å². The first-order valence-corrected chi connectivity index (χ1v) is 19.5. The van der Waals surface area contributed by atoms with E-state index in [1.54, 1.807) is 0 Å². The number of rotatable bonds is 11. The molecule has 1 aromatic carbocycles. The number of hydrogen-bond donors (Lipinski definition) is 0. The smallest absolute Gasteiger partial charge is 0.332 e. The number of allylic oxidation sites excluding steroid dienone is 4. The van der Waals surface area contributed by atoms with Gasteiger partial charge in [0.25, 0.3) is 0 Å². The standard InChI is InChI=1S/C39H58O4Si/c1-36(2,3)42-35(40)31-41-30-24-33-22-13-15-25-38(33,7)26-16-14-23-34(43-44(8,9)37(4,5)6)39(28-18-29-39)27-17-21-32-19-11-10-12-20-32/h10-12,14,16,19-20,23-24,26,34H,13,15,18,22,25,27-31H2,1-9H3/b23-14+,26-16+,33-24+/t34-,38-/m0/s1. The summed E-state index contributed by atoms with van der Waals surface area (Å²) in [4.78, 5) is 12.0. The molecule has 0 unspecified atom stereocenters. The van der Waals surface area contributed by atoms with Gasteiger partial charge in [0.05, 0.1) is 12.7 Å². The SMILES string of the molecule is CC(C)(C)OC(=O)COC/C=C1\CCCC[C@@]1(C)/C=C/C=C/[C@H](O[Si](C)(C)C(C)(C)C)C1(CC#Cc2ccccc2)CCC1. The highest BCUT2D eigenvalue weighted by Crippen LogP contribution is 2.51. The van der Waals surface area contributed by atoms with Crippen LogP contribution >= 0.6 is 0 Å². The summed E-state index contributed by atoms with van der Waals surface area (Å²) in [6.45, 7) is 20.0. The molecule has 0 aromatic heterocycles. The molecule has 0 radical (unpaired) electrons. The Bertz CT molecular complexity index is 1230. The zero-order valence-electron chi connectivity index (χ0n) is 29.1. The van der Waals surface area contributed by atoms with Crippen molar-refractivity contribution in [2.45, 2.75) is 130 Å². The molecule has 0 aliphatic heterocycles. The fourth-order valence-corrected chi connectivity index (χ4v) is 7.10. The van der Waals surface area contributed by atoms with Crippen LogP contribution in [-0.4, -0.2) is 39.2 Å². The van der Waals surface area contributed by atoms with Gasteiger partial charge < -0.3 is 13.9 Å². The Hall–Kier alpha value is -2.39. The zero-order valence-corrected chi connectivity index (χ0v) is 30.1. The van der Waals surface area contributed by atoms with Crippen LogP contribution in [0.4, 0.5) is 0 Å². The van der Waals surface area contributed by atoms with Gasteiger partial charge in [0, 0.05) is 22.8 Å². The van der Waals surface area contributed by atoms with Crippen LogP contribution in [0.5, 0.6) is 0 Å². The van der Waals surface area contributed by atoms with Gasteiger partial charge in [-0.25, -0.2) is 4.79 Å². The number of esters is 1. The van der Waals surface area contributed by atoms with Crippen molar-refractivity contribution in [2.75, 3.05) is 13.2 Å². The third-order valence-corrected chi connectivity index (χ3v) is 14.2. The summed E-state index contributed by atoms with van der Waals surface area (Å²) < 4.78 is 18.2. The van der Waals surface area contributed by atoms with Crippen molar-refractivity contribution in [1.29, 1.82) is 0 Å². The molecule has 242 valence electrons. The summed E-state index contributed by atoms with van der Waals surface area (Å²) in [5.41, 5.74) is 2.00. The van der Waals surface area contributed by atoms with Crippen molar-refractivity contribution < 1.29 is 18.7 Å². The summed E-state index contributed by atoms with van der Waals surface area (Å²) in [5.74, 6) is 6.61. The molecule has 0 saturated heterocycles. The normalized spacial score (nSPS) is 22.4. The molecule has 5 heteroatoms. The van der Waals surface area contributed by atoms with Crippen molar-refractivity contribution in [3.05, 3.63) is 71.8 Å². The summed E-state index contributed by atoms with van der Waals surface area (Å²) in [6, 6.07) is 10.3. The maximum absolute atomic E-state index is 12.0. The molecule has 0 amide bonds. The molecule has 44 heavy (non-hydrogen) atoms. The van der Waals surface area contributed by atoms with Crippen molar-refractivity contribution in [2.24, 2.45) is 10.8 Å². The quantitative estimate of drug-likeness (QED) is 0.0618. The molecular formula is C39H58O4Si. The van der Waals surface area contributed by atoms with Crippen molar-refractivity contribution in [3.8, 4) is 11.8 Å². The van der Waals surface area contributed by atoms with Crippen molar-refractivity contribution >= 4 is 14.3 Å². The number of benzene rings is 1. The largest absolute Gasteiger partial charge is 0.458 e. The summed E-state index contributed by atoms with van der Waals surface area (Å²) in [5, 5.41) is 0.135. The lowest BCUT2D eigenvalue weighted by Crippen LogP contribution is -2.50. The molecule has 1 aromatic rings. The van der Waals surface area contributed by atoms with Crippen LogP contribution in [0.3, 0.4) is 0 Å². The maximum Gasteiger partial charge on any atom is 0.332 e. The fourth-order valence-electron chi connectivity index (χ4n) is 5.78. The van der Waals surface area contributed by atoms with Crippen molar-refractivity contribution in [3.63, 3.8) is 0 Å². The monoisotopic (exact) mass is 618 g/mol. The van der Waals surface area contributed by atoms with Gasteiger partial charge in [-0.1, -0.05) is 107 Å². The van der Waals surface area contributed by atoms with Crippen LogP contribution in [0.1, 0.15) is 105 Å². The third kappa shape index (κ3) is 10.6. The lowest BCUT2D eigenvalue weighted by molar-refractivity contribution is -0.159. The van der Waals surface area contributed by atoms with Crippen LogP contribution in [-0.2, 0) is 18.7 Å². The number of carbonyl (C=O) groups is 1. The van der Waals surface area contributed by atoms with E-state index in [1.165, 1.54) is 24.8 Å². The average Bonchev–Trinajstić information content (AvgIpc) is 2.90. The van der Waals surface area contributed by atoms with E-state index in [-0.39, 0.29) is 34.5 Å². The second-order valence-corrected chi connectivity index (χ2v) is 20.3. The molecule has 2 saturated carbocycles. The highest BCUT2D eigenvalue weighted by Gasteiger charge is 2.48. The Morgan fingerprint density at radius 2 is 1.70 bits per heavy atom.